The standard InChI is InChI=1S/C56H62O6/c1-39(2)45-21-13-22-46(40(3)4)55(45)61-37-33-57-31-35-59-53-29-15-25-49-43(19-11-27-51(49)53)17-9-10-18-44-20-12-28-52-50(44)26-16-30-54(52)60-36-32-58-34-38-62-56-47(41(5)6)23-14-24-48(56)42(7)8/h11-16,19-30,39-42H,31-38H2,1-8H3. The fraction of sp³-hybridized carbons (Fsp3) is 0.357. The molecule has 6 rings (SSSR count). The van der Waals surface area contributed by atoms with Gasteiger partial charge in [-0.15, -0.1) is 0 Å². The van der Waals surface area contributed by atoms with Crippen molar-refractivity contribution in [2.24, 2.45) is 0 Å². The summed E-state index contributed by atoms with van der Waals surface area (Å²) in [5.74, 6) is 17.8. The molecule has 0 fully saturated rings. The second-order valence-corrected chi connectivity index (χ2v) is 16.6. The molecule has 6 heteroatoms. The molecule has 0 aromatic heterocycles. The first-order valence-electron chi connectivity index (χ1n) is 22.1. The van der Waals surface area contributed by atoms with Crippen LogP contribution in [0.3, 0.4) is 0 Å². The first-order chi connectivity index (χ1) is 30.1. The minimum Gasteiger partial charge on any atom is -0.491 e. The summed E-state index contributed by atoms with van der Waals surface area (Å²) in [6.45, 7) is 21.3. The van der Waals surface area contributed by atoms with E-state index in [2.05, 4.69) is 140 Å². The summed E-state index contributed by atoms with van der Waals surface area (Å²) in [6, 6.07) is 37.1. The SMILES string of the molecule is CC(C)c1cccc(C(C)C)c1OCCOCCOc1cccc2c(C#CC#Cc3cccc4c(OCCOCCOc5c(C(C)C)cccc5C(C)C)cccc34)cccc12. The van der Waals surface area contributed by atoms with Crippen LogP contribution >= 0.6 is 0 Å². The van der Waals surface area contributed by atoms with Crippen molar-refractivity contribution in [1.29, 1.82) is 0 Å². The van der Waals surface area contributed by atoms with Crippen LogP contribution < -0.4 is 18.9 Å². The monoisotopic (exact) mass is 830 g/mol. The molecule has 0 bridgehead atoms. The Morgan fingerprint density at radius 2 is 0.645 bits per heavy atom. The summed E-state index contributed by atoms with van der Waals surface area (Å²) in [5, 5.41) is 4.02. The van der Waals surface area contributed by atoms with E-state index in [1.807, 2.05) is 48.5 Å². The lowest BCUT2D eigenvalue weighted by molar-refractivity contribution is 0.0762. The summed E-state index contributed by atoms with van der Waals surface area (Å²) < 4.78 is 36.7. The van der Waals surface area contributed by atoms with Gasteiger partial charge in [0.05, 0.1) is 26.4 Å². The van der Waals surface area contributed by atoms with Crippen molar-refractivity contribution < 1.29 is 28.4 Å². The molecular weight excluding hydrogens is 769 g/mol. The molecule has 0 aliphatic rings. The third-order valence-corrected chi connectivity index (χ3v) is 10.8. The fourth-order valence-corrected chi connectivity index (χ4v) is 7.56. The predicted molar refractivity (Wildman–Crippen MR) is 255 cm³/mol. The van der Waals surface area contributed by atoms with Crippen LogP contribution in [0.25, 0.3) is 21.5 Å². The van der Waals surface area contributed by atoms with Crippen molar-refractivity contribution in [2.45, 2.75) is 79.1 Å². The molecule has 0 heterocycles. The van der Waals surface area contributed by atoms with E-state index < -0.39 is 0 Å². The summed E-state index contributed by atoms with van der Waals surface area (Å²) >= 11 is 0. The first kappa shape index (κ1) is 45.6. The molecule has 0 radical (unpaired) electrons. The van der Waals surface area contributed by atoms with Gasteiger partial charge in [0.1, 0.15) is 49.4 Å². The summed E-state index contributed by atoms with van der Waals surface area (Å²) in [6.07, 6.45) is 0. The number of hydrogen-bond acceptors (Lipinski definition) is 6. The second-order valence-electron chi connectivity index (χ2n) is 16.6. The van der Waals surface area contributed by atoms with Crippen molar-refractivity contribution in [2.75, 3.05) is 52.9 Å². The zero-order chi connectivity index (χ0) is 43.8. The molecule has 0 unspecified atom stereocenters. The number of fused-ring (bicyclic) bond motifs is 2. The molecule has 0 aliphatic heterocycles. The molecule has 0 N–H and O–H groups in total. The molecule has 322 valence electrons. The molecule has 0 amide bonds. The number of benzene rings is 6. The molecule has 0 atom stereocenters. The highest BCUT2D eigenvalue weighted by molar-refractivity contribution is 5.94. The van der Waals surface area contributed by atoms with Crippen molar-refractivity contribution in [1.82, 2.24) is 0 Å². The second kappa shape index (κ2) is 22.8. The van der Waals surface area contributed by atoms with Crippen molar-refractivity contribution in [3.8, 4) is 46.7 Å². The number of rotatable bonds is 20. The Kier molecular flexibility index (Phi) is 16.8. The van der Waals surface area contributed by atoms with Crippen LogP contribution in [0.4, 0.5) is 0 Å². The summed E-state index contributed by atoms with van der Waals surface area (Å²) in [7, 11) is 0. The van der Waals surface area contributed by atoms with Gasteiger partial charge in [0.15, 0.2) is 0 Å². The Morgan fingerprint density at radius 3 is 1.00 bits per heavy atom. The Labute approximate surface area is 369 Å². The highest BCUT2D eigenvalue weighted by Gasteiger charge is 2.16. The maximum atomic E-state index is 6.26. The minimum atomic E-state index is 0.385. The van der Waals surface area contributed by atoms with Crippen LogP contribution in [0.5, 0.6) is 23.0 Å². The molecule has 6 aromatic rings. The molecule has 0 saturated carbocycles. The van der Waals surface area contributed by atoms with Crippen molar-refractivity contribution >= 4 is 21.5 Å². The Bertz CT molecular complexity index is 2300. The van der Waals surface area contributed by atoms with E-state index in [4.69, 9.17) is 28.4 Å². The maximum absolute atomic E-state index is 6.26. The highest BCUT2D eigenvalue weighted by atomic mass is 16.6. The number of para-hydroxylation sites is 2. The molecule has 0 spiro atoms. The highest BCUT2D eigenvalue weighted by Crippen LogP contribution is 2.36. The van der Waals surface area contributed by atoms with Crippen LogP contribution in [0.1, 0.15) is 112 Å². The van der Waals surface area contributed by atoms with Gasteiger partial charge in [-0.2, -0.15) is 0 Å². The largest absolute Gasteiger partial charge is 0.491 e. The predicted octanol–water partition coefficient (Wildman–Crippen LogP) is 12.8. The Morgan fingerprint density at radius 1 is 0.339 bits per heavy atom. The van der Waals surface area contributed by atoms with E-state index in [1.165, 1.54) is 22.3 Å². The molecule has 0 saturated heterocycles. The van der Waals surface area contributed by atoms with Crippen LogP contribution in [-0.4, -0.2) is 52.9 Å². The van der Waals surface area contributed by atoms with Crippen LogP contribution in [0.2, 0.25) is 0 Å². The average molecular weight is 831 g/mol. The molecular formula is C56H62O6. The normalized spacial score (nSPS) is 11.2. The Hall–Kier alpha value is -5.92. The van der Waals surface area contributed by atoms with Gasteiger partial charge in [-0.05, 0) is 82.0 Å². The third-order valence-electron chi connectivity index (χ3n) is 10.8. The van der Waals surface area contributed by atoms with Gasteiger partial charge in [-0.3, -0.25) is 0 Å². The quantitative estimate of drug-likeness (QED) is 0.0564. The first-order valence-corrected chi connectivity index (χ1v) is 22.1. The minimum absolute atomic E-state index is 0.385. The van der Waals surface area contributed by atoms with E-state index in [0.29, 0.717) is 76.5 Å². The van der Waals surface area contributed by atoms with E-state index in [0.717, 1.165) is 55.7 Å². The molecule has 6 nitrogen and oxygen atoms in total. The topological polar surface area (TPSA) is 55.4 Å². The Balaban J connectivity index is 0.995. The smallest absolute Gasteiger partial charge is 0.127 e. The van der Waals surface area contributed by atoms with E-state index >= 15 is 0 Å². The average Bonchev–Trinajstić information content (AvgIpc) is 3.27. The zero-order valence-corrected chi connectivity index (χ0v) is 37.8. The lowest BCUT2D eigenvalue weighted by atomic mass is 9.94. The molecule has 62 heavy (non-hydrogen) atoms. The van der Waals surface area contributed by atoms with Crippen LogP contribution in [-0.2, 0) is 9.47 Å². The van der Waals surface area contributed by atoms with Gasteiger partial charge in [-0.1, -0.05) is 152 Å². The van der Waals surface area contributed by atoms with Gasteiger partial charge in [-0.25, -0.2) is 0 Å². The van der Waals surface area contributed by atoms with Gasteiger partial charge >= 0.3 is 0 Å². The third kappa shape index (κ3) is 11.9. The van der Waals surface area contributed by atoms with Gasteiger partial charge in [0.2, 0.25) is 0 Å². The van der Waals surface area contributed by atoms with Gasteiger partial charge in [0, 0.05) is 32.7 Å². The molecule has 6 aromatic carbocycles. The van der Waals surface area contributed by atoms with Gasteiger partial charge < -0.3 is 28.4 Å². The number of ether oxygens (including phenoxy) is 6. The van der Waals surface area contributed by atoms with E-state index in [1.54, 1.807) is 0 Å². The van der Waals surface area contributed by atoms with Crippen molar-refractivity contribution in [3.63, 3.8) is 0 Å². The summed E-state index contributed by atoms with van der Waals surface area (Å²) in [4.78, 5) is 0. The van der Waals surface area contributed by atoms with Crippen LogP contribution in [0, 0.1) is 23.7 Å². The molecule has 0 aliphatic carbocycles. The number of hydrogen-bond donors (Lipinski definition) is 0. The lowest BCUT2D eigenvalue weighted by Gasteiger charge is -2.20. The van der Waals surface area contributed by atoms with Crippen LogP contribution in [0.15, 0.2) is 109 Å². The maximum Gasteiger partial charge on any atom is 0.127 e. The fourth-order valence-electron chi connectivity index (χ4n) is 7.56. The lowest BCUT2D eigenvalue weighted by Crippen LogP contribution is -2.13. The van der Waals surface area contributed by atoms with Crippen molar-refractivity contribution in [3.05, 3.63) is 143 Å². The van der Waals surface area contributed by atoms with Gasteiger partial charge in [0.25, 0.3) is 0 Å². The summed E-state index contributed by atoms with van der Waals surface area (Å²) in [5.41, 5.74) is 6.71. The van der Waals surface area contributed by atoms with E-state index in [9.17, 15) is 0 Å². The zero-order valence-electron chi connectivity index (χ0n) is 37.8. The van der Waals surface area contributed by atoms with E-state index in [-0.39, 0.29) is 0 Å².